The molecule has 0 fully saturated rings. The number of nitrogens with one attached hydrogen (secondary N) is 1. The van der Waals surface area contributed by atoms with Gasteiger partial charge in [-0.2, -0.15) is 0 Å². The van der Waals surface area contributed by atoms with Crippen LogP contribution in [0.4, 0.5) is 28.4 Å². The van der Waals surface area contributed by atoms with Gasteiger partial charge in [-0.25, -0.2) is 0 Å². The van der Waals surface area contributed by atoms with Crippen LogP contribution in [-0.4, -0.2) is 7.28 Å². The number of benzene rings is 6. The molecule has 0 unspecified atom stereocenters. The van der Waals surface area contributed by atoms with Gasteiger partial charge in [-0.3, -0.25) is 0 Å². The zero-order valence-corrected chi connectivity index (χ0v) is 32.7. The van der Waals surface area contributed by atoms with Crippen molar-refractivity contribution in [3.05, 3.63) is 137 Å². The highest BCUT2D eigenvalue weighted by atomic mass is 15.2. The van der Waals surface area contributed by atoms with E-state index in [9.17, 15) is 0 Å². The molecule has 0 spiro atoms. The molecule has 6 aromatic rings. The van der Waals surface area contributed by atoms with Gasteiger partial charge in [0.15, 0.2) is 7.28 Å². The molecule has 1 N–H and O–H groups in total. The fraction of sp³-hybridized carbons (Fsp3) is 0.320. The zero-order chi connectivity index (χ0) is 36.7. The summed E-state index contributed by atoms with van der Waals surface area (Å²) < 4.78 is 0. The van der Waals surface area contributed by atoms with E-state index >= 15 is 0 Å². The van der Waals surface area contributed by atoms with Crippen LogP contribution in [0.1, 0.15) is 108 Å². The Labute approximate surface area is 317 Å². The maximum atomic E-state index is 3.95. The third-order valence-electron chi connectivity index (χ3n) is 12.9. The number of rotatable bonds is 7. The van der Waals surface area contributed by atoms with Gasteiger partial charge in [0.1, 0.15) is 0 Å². The molecule has 0 saturated heterocycles. The molecule has 53 heavy (non-hydrogen) atoms. The Morgan fingerprint density at radius 1 is 0.660 bits per heavy atom. The molecule has 0 saturated carbocycles. The molecule has 1 aliphatic carbocycles. The average Bonchev–Trinajstić information content (AvgIpc) is 3.15. The first kappa shape index (κ1) is 34.0. The highest BCUT2D eigenvalue weighted by molar-refractivity contribution is 6.73. The minimum Gasteiger partial charge on any atom is -0.355 e. The van der Waals surface area contributed by atoms with E-state index in [1.807, 2.05) is 0 Å². The number of nitrogens with zero attached hydrogens (tertiary/aromatic N) is 1. The molecule has 0 aromatic heterocycles. The molecule has 6 aromatic carbocycles. The second-order valence-corrected chi connectivity index (χ2v) is 17.8. The summed E-state index contributed by atoms with van der Waals surface area (Å²) in [6.07, 6.45) is 7.08. The van der Waals surface area contributed by atoms with Crippen LogP contribution >= 0.6 is 0 Å². The Hall–Kier alpha value is -4.76. The SMILES string of the molecule is CCCCCc1cc(-c2cc3c(cc2Nc2ccccc2)C(C)(C)CCC3(C)C)c2c(c1)N1c3ccc4ccccc4c3C(C)(C)c3cccc(c31)[B]2. The third kappa shape index (κ3) is 5.45. The zero-order valence-electron chi connectivity index (χ0n) is 32.7. The van der Waals surface area contributed by atoms with E-state index in [0.29, 0.717) is 0 Å². The lowest BCUT2D eigenvalue weighted by Crippen LogP contribution is -2.45. The Morgan fingerprint density at radius 3 is 2.17 bits per heavy atom. The Morgan fingerprint density at radius 2 is 1.40 bits per heavy atom. The summed E-state index contributed by atoms with van der Waals surface area (Å²) in [5.41, 5.74) is 18.7. The Bertz CT molecular complexity index is 2400. The normalized spacial score (nSPS) is 16.9. The van der Waals surface area contributed by atoms with Gasteiger partial charge in [-0.05, 0) is 123 Å². The fourth-order valence-electron chi connectivity index (χ4n) is 9.79. The van der Waals surface area contributed by atoms with Crippen LogP contribution in [0.3, 0.4) is 0 Å². The van der Waals surface area contributed by atoms with Crippen LogP contribution in [0.25, 0.3) is 21.9 Å². The van der Waals surface area contributed by atoms with E-state index in [-0.39, 0.29) is 16.2 Å². The number of hydrogen-bond donors (Lipinski definition) is 1. The number of aryl methyl sites for hydroxylation is 1. The lowest BCUT2D eigenvalue weighted by molar-refractivity contribution is 0.332. The van der Waals surface area contributed by atoms with E-state index in [2.05, 4.69) is 175 Å². The second-order valence-electron chi connectivity index (χ2n) is 17.8. The molecular weight excluding hydrogens is 639 g/mol. The summed E-state index contributed by atoms with van der Waals surface area (Å²) >= 11 is 0. The average molecular weight is 692 g/mol. The van der Waals surface area contributed by atoms with Crippen LogP contribution < -0.4 is 21.1 Å². The molecule has 0 bridgehead atoms. The van der Waals surface area contributed by atoms with Gasteiger partial charge in [-0.15, -0.1) is 0 Å². The van der Waals surface area contributed by atoms with Crippen LogP contribution in [0.2, 0.25) is 0 Å². The number of anilines is 5. The molecule has 3 aliphatic rings. The van der Waals surface area contributed by atoms with Crippen molar-refractivity contribution in [2.45, 2.75) is 103 Å². The van der Waals surface area contributed by atoms with Crippen molar-refractivity contribution in [3.8, 4) is 11.1 Å². The Kier molecular flexibility index (Phi) is 7.97. The quantitative estimate of drug-likeness (QED) is 0.132. The molecule has 2 heterocycles. The van der Waals surface area contributed by atoms with Crippen molar-refractivity contribution in [3.63, 3.8) is 0 Å². The topological polar surface area (TPSA) is 15.3 Å². The summed E-state index contributed by atoms with van der Waals surface area (Å²) in [5.74, 6) is 0. The smallest absolute Gasteiger partial charge is 0.197 e. The third-order valence-corrected chi connectivity index (χ3v) is 12.9. The first-order chi connectivity index (χ1) is 25.5. The van der Waals surface area contributed by atoms with Crippen molar-refractivity contribution in [1.82, 2.24) is 0 Å². The van der Waals surface area contributed by atoms with Crippen LogP contribution in [-0.2, 0) is 22.7 Å². The maximum Gasteiger partial charge on any atom is 0.197 e. The molecular formula is C50H52BN2. The van der Waals surface area contributed by atoms with Crippen molar-refractivity contribution < 1.29 is 0 Å². The largest absolute Gasteiger partial charge is 0.355 e. The van der Waals surface area contributed by atoms with E-state index < -0.39 is 0 Å². The fourth-order valence-corrected chi connectivity index (χ4v) is 9.79. The molecule has 265 valence electrons. The van der Waals surface area contributed by atoms with Gasteiger partial charge in [0.05, 0.1) is 5.69 Å². The molecule has 2 nitrogen and oxygen atoms in total. The van der Waals surface area contributed by atoms with Crippen molar-refractivity contribution in [1.29, 1.82) is 0 Å². The van der Waals surface area contributed by atoms with E-state index in [1.54, 1.807) is 0 Å². The summed E-state index contributed by atoms with van der Waals surface area (Å²) in [6, 6.07) is 41.5. The summed E-state index contributed by atoms with van der Waals surface area (Å²) in [4.78, 5) is 2.63. The van der Waals surface area contributed by atoms with E-state index in [0.717, 1.165) is 12.1 Å². The van der Waals surface area contributed by atoms with Gasteiger partial charge < -0.3 is 10.2 Å². The number of hydrogen-bond acceptors (Lipinski definition) is 2. The van der Waals surface area contributed by atoms with E-state index in [4.69, 9.17) is 0 Å². The lowest BCUT2D eigenvalue weighted by atomic mass is 9.55. The minimum absolute atomic E-state index is 0.0906. The summed E-state index contributed by atoms with van der Waals surface area (Å²) in [6.45, 7) is 16.9. The lowest BCUT2D eigenvalue weighted by Gasteiger charge is -2.46. The maximum absolute atomic E-state index is 3.95. The molecule has 2 aliphatic heterocycles. The summed E-state index contributed by atoms with van der Waals surface area (Å²) in [7, 11) is 2.50. The van der Waals surface area contributed by atoms with Gasteiger partial charge in [0, 0.05) is 33.7 Å². The predicted octanol–water partition coefficient (Wildman–Crippen LogP) is 12.4. The molecule has 9 rings (SSSR count). The monoisotopic (exact) mass is 691 g/mol. The first-order valence-corrected chi connectivity index (χ1v) is 20.0. The molecule has 3 heteroatoms. The van der Waals surface area contributed by atoms with Gasteiger partial charge in [0.2, 0.25) is 0 Å². The summed E-state index contributed by atoms with van der Waals surface area (Å²) in [5, 5.41) is 6.59. The van der Waals surface area contributed by atoms with Crippen molar-refractivity contribution >= 4 is 57.4 Å². The standard InChI is InChI=1S/C50H52BN2/c1-8-9-11-17-32-28-37(36-30-39-40(49(4,5)27-26-48(39,2)3)31-42(36)52-34-19-12-10-13-20-34)46-44(29-32)53-43-25-24-33-18-14-15-21-35(33)45(43)50(6,7)38-22-16-23-41(51-46)47(38)53/h10,12-16,18-25,28-31,52H,8-9,11,17,26-27H2,1-7H3. The molecule has 1 radical (unpaired) electrons. The number of fused-ring (bicyclic) bond motifs is 7. The predicted molar refractivity (Wildman–Crippen MR) is 229 cm³/mol. The highest BCUT2D eigenvalue weighted by Crippen LogP contribution is 2.55. The number of para-hydroxylation sites is 2. The van der Waals surface area contributed by atoms with E-state index in [1.165, 1.54) is 115 Å². The van der Waals surface area contributed by atoms with Gasteiger partial charge in [-0.1, -0.05) is 140 Å². The highest BCUT2D eigenvalue weighted by Gasteiger charge is 2.43. The molecule has 0 amide bonds. The molecule has 0 atom stereocenters. The van der Waals surface area contributed by atoms with Crippen LogP contribution in [0, 0.1) is 0 Å². The first-order valence-electron chi connectivity index (χ1n) is 20.0. The van der Waals surface area contributed by atoms with Crippen molar-refractivity contribution in [2.24, 2.45) is 0 Å². The van der Waals surface area contributed by atoms with Crippen LogP contribution in [0.15, 0.2) is 109 Å². The number of unbranched alkanes of at least 4 members (excludes halogenated alkanes) is 2. The van der Waals surface area contributed by atoms with Crippen LogP contribution in [0.5, 0.6) is 0 Å². The Balaban J connectivity index is 1.35. The minimum atomic E-state index is -0.158. The van der Waals surface area contributed by atoms with Crippen molar-refractivity contribution in [2.75, 3.05) is 10.2 Å². The van der Waals surface area contributed by atoms with Gasteiger partial charge >= 0.3 is 0 Å². The second kappa shape index (κ2) is 12.4. The van der Waals surface area contributed by atoms with Gasteiger partial charge in [0.25, 0.3) is 0 Å².